The zero-order valence-electron chi connectivity index (χ0n) is 12.8. The maximum atomic E-state index is 12.4. The second-order valence-electron chi connectivity index (χ2n) is 4.86. The van der Waals surface area contributed by atoms with Gasteiger partial charge in [-0.25, -0.2) is 0 Å². The minimum absolute atomic E-state index is 0.0639. The van der Waals surface area contributed by atoms with Gasteiger partial charge in [-0.1, -0.05) is 12.1 Å². The van der Waals surface area contributed by atoms with Crippen LogP contribution in [0.25, 0.3) is 0 Å². The van der Waals surface area contributed by atoms with Crippen molar-refractivity contribution in [2.75, 3.05) is 5.32 Å². The summed E-state index contributed by atoms with van der Waals surface area (Å²) in [5.41, 5.74) is 0.0600. The molecular formula is C14H14F2N4O4. The first-order chi connectivity index (χ1) is 11.3. The molecule has 10 heteroatoms. The van der Waals surface area contributed by atoms with Crippen LogP contribution in [0.4, 0.5) is 20.2 Å². The molecule has 0 aliphatic heterocycles. The van der Waals surface area contributed by atoms with E-state index in [0.29, 0.717) is 0 Å². The molecule has 0 saturated carbocycles. The van der Waals surface area contributed by atoms with E-state index >= 15 is 0 Å². The number of hydrogen-bond donors (Lipinski definition) is 1. The van der Waals surface area contributed by atoms with Crippen LogP contribution >= 0.6 is 0 Å². The van der Waals surface area contributed by atoms with E-state index in [4.69, 9.17) is 0 Å². The molecule has 1 amide bonds. The van der Waals surface area contributed by atoms with Crippen molar-refractivity contribution in [2.45, 2.75) is 26.5 Å². The Balaban J connectivity index is 2.20. The molecule has 1 atom stereocenters. The van der Waals surface area contributed by atoms with E-state index < -0.39 is 23.5 Å². The molecule has 1 heterocycles. The summed E-state index contributed by atoms with van der Waals surface area (Å²) in [6.45, 7) is -0.0882. The quantitative estimate of drug-likeness (QED) is 0.644. The van der Waals surface area contributed by atoms with E-state index in [0.717, 1.165) is 6.20 Å². The van der Waals surface area contributed by atoms with Gasteiger partial charge in [0.25, 0.3) is 0 Å². The van der Waals surface area contributed by atoms with Gasteiger partial charge in [-0.15, -0.1) is 0 Å². The SMILES string of the molecule is Cc1c([N+](=O)[O-])cnn1C(C)C(=O)Nc1ccccc1OC(F)F. The van der Waals surface area contributed by atoms with Crippen molar-refractivity contribution in [3.63, 3.8) is 0 Å². The highest BCUT2D eigenvalue weighted by Crippen LogP contribution is 2.27. The van der Waals surface area contributed by atoms with Gasteiger partial charge >= 0.3 is 12.3 Å². The average Bonchev–Trinajstić information content (AvgIpc) is 2.89. The molecule has 24 heavy (non-hydrogen) atoms. The molecule has 0 fully saturated rings. The second-order valence-corrected chi connectivity index (χ2v) is 4.86. The van der Waals surface area contributed by atoms with Crippen LogP contribution in [-0.4, -0.2) is 27.2 Å². The Morgan fingerprint density at radius 2 is 2.08 bits per heavy atom. The summed E-state index contributed by atoms with van der Waals surface area (Å²) in [7, 11) is 0. The molecule has 1 aromatic heterocycles. The van der Waals surface area contributed by atoms with Crippen LogP contribution in [-0.2, 0) is 4.79 Å². The van der Waals surface area contributed by atoms with Crippen molar-refractivity contribution < 1.29 is 23.2 Å². The number of nitrogens with one attached hydrogen (secondary N) is 1. The topological polar surface area (TPSA) is 99.3 Å². The lowest BCUT2D eigenvalue weighted by molar-refractivity contribution is -0.385. The Hall–Kier alpha value is -3.04. The smallest absolute Gasteiger partial charge is 0.387 e. The summed E-state index contributed by atoms with van der Waals surface area (Å²) < 4.78 is 30.3. The van der Waals surface area contributed by atoms with Crippen LogP contribution in [0.15, 0.2) is 30.5 Å². The predicted octanol–water partition coefficient (Wildman–Crippen LogP) is 2.90. The van der Waals surface area contributed by atoms with E-state index in [1.807, 2.05) is 0 Å². The van der Waals surface area contributed by atoms with Gasteiger partial charge in [-0.3, -0.25) is 19.6 Å². The monoisotopic (exact) mass is 340 g/mol. The van der Waals surface area contributed by atoms with Gasteiger partial charge in [-0.05, 0) is 26.0 Å². The number of alkyl halides is 2. The number of anilines is 1. The first-order valence-corrected chi connectivity index (χ1v) is 6.84. The Morgan fingerprint density at radius 1 is 1.42 bits per heavy atom. The van der Waals surface area contributed by atoms with Gasteiger partial charge in [-0.2, -0.15) is 13.9 Å². The molecule has 0 aliphatic carbocycles. The summed E-state index contributed by atoms with van der Waals surface area (Å²) in [5.74, 6) is -0.766. The first kappa shape index (κ1) is 17.3. The highest BCUT2D eigenvalue weighted by molar-refractivity contribution is 5.94. The van der Waals surface area contributed by atoms with Gasteiger partial charge in [0.15, 0.2) is 0 Å². The van der Waals surface area contributed by atoms with E-state index in [-0.39, 0.29) is 22.8 Å². The Labute approximate surface area is 135 Å². The van der Waals surface area contributed by atoms with Crippen LogP contribution in [0, 0.1) is 17.0 Å². The van der Waals surface area contributed by atoms with Gasteiger partial charge in [0.2, 0.25) is 5.91 Å². The summed E-state index contributed by atoms with van der Waals surface area (Å²) in [4.78, 5) is 22.5. The lowest BCUT2D eigenvalue weighted by Gasteiger charge is -2.16. The maximum Gasteiger partial charge on any atom is 0.387 e. The molecule has 1 unspecified atom stereocenters. The number of nitrogens with zero attached hydrogens (tertiary/aromatic N) is 3. The van der Waals surface area contributed by atoms with Crippen LogP contribution in [0.2, 0.25) is 0 Å². The number of carbonyl (C=O) groups excluding carboxylic acids is 1. The number of benzene rings is 1. The van der Waals surface area contributed by atoms with Crippen molar-refractivity contribution >= 4 is 17.3 Å². The second kappa shape index (κ2) is 7.02. The van der Waals surface area contributed by atoms with Crippen molar-refractivity contribution in [1.29, 1.82) is 0 Å². The highest BCUT2D eigenvalue weighted by atomic mass is 19.3. The predicted molar refractivity (Wildman–Crippen MR) is 80.0 cm³/mol. The fourth-order valence-corrected chi connectivity index (χ4v) is 2.10. The summed E-state index contributed by atoms with van der Waals surface area (Å²) in [5, 5.41) is 17.1. The number of halogens is 2. The number of amides is 1. The number of hydrogen-bond acceptors (Lipinski definition) is 5. The van der Waals surface area contributed by atoms with E-state index in [2.05, 4.69) is 15.2 Å². The van der Waals surface area contributed by atoms with E-state index in [9.17, 15) is 23.7 Å². The minimum Gasteiger partial charge on any atom is -0.433 e. The first-order valence-electron chi connectivity index (χ1n) is 6.84. The van der Waals surface area contributed by atoms with E-state index in [1.165, 1.54) is 36.7 Å². The van der Waals surface area contributed by atoms with Gasteiger partial charge in [0, 0.05) is 0 Å². The van der Waals surface area contributed by atoms with Crippen molar-refractivity contribution in [2.24, 2.45) is 0 Å². The van der Waals surface area contributed by atoms with E-state index in [1.54, 1.807) is 6.07 Å². The fourth-order valence-electron chi connectivity index (χ4n) is 2.10. The van der Waals surface area contributed by atoms with Gasteiger partial charge in [0.1, 0.15) is 23.7 Å². The standard InChI is InChI=1S/C14H14F2N4O4/c1-8-11(20(22)23)7-17-19(8)9(2)13(21)18-10-5-3-4-6-12(10)24-14(15)16/h3-7,9,14H,1-2H3,(H,18,21). The summed E-state index contributed by atoms with van der Waals surface area (Å²) >= 11 is 0. The van der Waals surface area contributed by atoms with Crippen LogP contribution in [0.5, 0.6) is 5.75 Å². The summed E-state index contributed by atoms with van der Waals surface area (Å²) in [6.07, 6.45) is 1.05. The molecule has 0 aliphatic rings. The number of para-hydroxylation sites is 2. The molecule has 2 rings (SSSR count). The average molecular weight is 340 g/mol. The van der Waals surface area contributed by atoms with Crippen molar-refractivity contribution in [3.05, 3.63) is 46.3 Å². The number of rotatable bonds is 6. The molecule has 8 nitrogen and oxygen atoms in total. The third-order valence-corrected chi connectivity index (χ3v) is 3.32. The Kier molecular flexibility index (Phi) is 5.07. The minimum atomic E-state index is -3.03. The zero-order chi connectivity index (χ0) is 17.9. The molecular weight excluding hydrogens is 326 g/mol. The lowest BCUT2D eigenvalue weighted by Crippen LogP contribution is -2.25. The normalized spacial score (nSPS) is 12.0. The molecule has 0 bridgehead atoms. The summed E-state index contributed by atoms with van der Waals surface area (Å²) in [6, 6.07) is 4.83. The number of carbonyl (C=O) groups is 1. The molecule has 0 spiro atoms. The van der Waals surface area contributed by atoms with Crippen LogP contribution in [0.3, 0.4) is 0 Å². The molecule has 0 radical (unpaired) electrons. The highest BCUT2D eigenvalue weighted by Gasteiger charge is 2.24. The van der Waals surface area contributed by atoms with Crippen molar-refractivity contribution in [3.8, 4) is 5.75 Å². The third-order valence-electron chi connectivity index (χ3n) is 3.32. The number of ether oxygens (including phenoxy) is 1. The Bertz CT molecular complexity index is 763. The van der Waals surface area contributed by atoms with Gasteiger partial charge < -0.3 is 10.1 Å². The van der Waals surface area contributed by atoms with Crippen molar-refractivity contribution in [1.82, 2.24) is 9.78 Å². The van der Waals surface area contributed by atoms with Crippen LogP contribution in [0.1, 0.15) is 18.7 Å². The molecule has 1 N–H and O–H groups in total. The maximum absolute atomic E-state index is 12.4. The lowest BCUT2D eigenvalue weighted by atomic mass is 10.2. The number of nitro groups is 1. The molecule has 0 saturated heterocycles. The van der Waals surface area contributed by atoms with Gasteiger partial charge in [0.05, 0.1) is 10.6 Å². The molecule has 1 aromatic carbocycles. The fraction of sp³-hybridized carbons (Fsp3) is 0.286. The largest absolute Gasteiger partial charge is 0.433 e. The molecule has 2 aromatic rings. The Morgan fingerprint density at radius 3 is 2.67 bits per heavy atom. The zero-order valence-corrected chi connectivity index (χ0v) is 12.8. The third kappa shape index (κ3) is 3.65. The number of aromatic nitrogens is 2. The molecule has 128 valence electrons. The van der Waals surface area contributed by atoms with Crippen LogP contribution < -0.4 is 10.1 Å².